The molecule has 1 rings (SSSR count). The molecule has 0 aromatic rings. The molecule has 0 saturated carbocycles. The average Bonchev–Trinajstić information content (AvgIpc) is 2.18. The second-order valence-electron chi connectivity index (χ2n) is 3.81. The second-order valence-corrected chi connectivity index (χ2v) is 5.68. The lowest BCUT2D eigenvalue weighted by Gasteiger charge is -2.22. The Bertz CT molecular complexity index is 261. The fraction of sp³-hybridized carbons (Fsp3) is 1.00. The van der Waals surface area contributed by atoms with Gasteiger partial charge in [-0.2, -0.15) is 0 Å². The Morgan fingerprint density at radius 3 is 2.87 bits per heavy atom. The molecule has 1 unspecified atom stereocenters. The van der Waals surface area contributed by atoms with E-state index in [0.717, 1.165) is 26.0 Å². The minimum Gasteiger partial charge on any atom is -0.380 e. The van der Waals surface area contributed by atoms with E-state index >= 15 is 0 Å². The maximum Gasteiger partial charge on any atom is 0.211 e. The number of rotatable bonds is 6. The highest BCUT2D eigenvalue weighted by Crippen LogP contribution is 2.07. The fourth-order valence-electron chi connectivity index (χ4n) is 1.59. The molecule has 0 aliphatic carbocycles. The Hall–Kier alpha value is -0.170. The summed E-state index contributed by atoms with van der Waals surface area (Å²) in [6, 6.07) is -0.0293. The number of hydrogen-bond donors (Lipinski definition) is 2. The summed E-state index contributed by atoms with van der Waals surface area (Å²) in [5.74, 6) is 0.185. The monoisotopic (exact) mass is 236 g/mol. The van der Waals surface area contributed by atoms with Crippen molar-refractivity contribution in [1.29, 1.82) is 0 Å². The first kappa shape index (κ1) is 12.9. The van der Waals surface area contributed by atoms with Gasteiger partial charge in [0.2, 0.25) is 10.0 Å². The summed E-state index contributed by atoms with van der Waals surface area (Å²) < 4.78 is 31.0. The number of hydrogen-bond acceptors (Lipinski definition) is 4. The molecule has 1 aliphatic heterocycles. The first-order valence-electron chi connectivity index (χ1n) is 5.36. The smallest absolute Gasteiger partial charge is 0.211 e. The minimum absolute atomic E-state index is 0.0293. The Morgan fingerprint density at radius 2 is 2.27 bits per heavy atom. The van der Waals surface area contributed by atoms with Crippen LogP contribution in [-0.2, 0) is 14.8 Å². The maximum absolute atomic E-state index is 11.6. The van der Waals surface area contributed by atoms with Crippen LogP contribution >= 0.6 is 0 Å². The van der Waals surface area contributed by atoms with Crippen molar-refractivity contribution in [2.75, 3.05) is 32.6 Å². The summed E-state index contributed by atoms with van der Waals surface area (Å²) in [7, 11) is -1.31. The lowest BCUT2D eigenvalue weighted by atomic mass is 10.1. The highest BCUT2D eigenvalue weighted by Gasteiger charge is 2.19. The van der Waals surface area contributed by atoms with Crippen LogP contribution in [0.25, 0.3) is 0 Å². The largest absolute Gasteiger partial charge is 0.380 e. The van der Waals surface area contributed by atoms with Gasteiger partial charge in [0.1, 0.15) is 0 Å². The van der Waals surface area contributed by atoms with Crippen molar-refractivity contribution in [3.8, 4) is 0 Å². The van der Waals surface area contributed by atoms with Crippen LogP contribution in [0.15, 0.2) is 0 Å². The summed E-state index contributed by atoms with van der Waals surface area (Å²) in [5.41, 5.74) is 0. The molecular weight excluding hydrogens is 216 g/mol. The van der Waals surface area contributed by atoms with Crippen LogP contribution in [0.2, 0.25) is 0 Å². The van der Waals surface area contributed by atoms with Crippen molar-refractivity contribution in [2.45, 2.75) is 25.3 Å². The van der Waals surface area contributed by atoms with Gasteiger partial charge in [0, 0.05) is 12.6 Å². The van der Waals surface area contributed by atoms with Gasteiger partial charge in [-0.25, -0.2) is 13.1 Å². The quantitative estimate of drug-likeness (QED) is 0.621. The summed E-state index contributed by atoms with van der Waals surface area (Å²) in [5, 5.41) is 2.93. The molecule has 1 saturated heterocycles. The van der Waals surface area contributed by atoms with Gasteiger partial charge in [-0.3, -0.25) is 0 Å². The van der Waals surface area contributed by atoms with Gasteiger partial charge in [-0.15, -0.1) is 0 Å². The van der Waals surface area contributed by atoms with E-state index in [1.165, 1.54) is 0 Å². The summed E-state index contributed by atoms with van der Waals surface area (Å²) >= 11 is 0. The fourth-order valence-corrected chi connectivity index (χ4v) is 2.92. The molecule has 0 radical (unpaired) electrons. The van der Waals surface area contributed by atoms with Crippen molar-refractivity contribution in [1.82, 2.24) is 10.0 Å². The molecule has 90 valence electrons. The predicted octanol–water partition coefficient (Wildman–Crippen LogP) is -0.306. The molecule has 1 heterocycles. The average molecular weight is 236 g/mol. The van der Waals surface area contributed by atoms with E-state index in [2.05, 4.69) is 10.0 Å². The van der Waals surface area contributed by atoms with Gasteiger partial charge in [0.05, 0.1) is 12.4 Å². The molecule has 1 fully saturated rings. The van der Waals surface area contributed by atoms with Crippen LogP contribution in [0.4, 0.5) is 0 Å². The molecule has 1 atom stereocenters. The standard InChI is InChI=1S/C9H20N2O3S/c1-10-5-3-7-15(12,13)11-9-4-2-6-14-8-9/h9-11H,2-8H2,1H3. The van der Waals surface area contributed by atoms with Crippen LogP contribution in [-0.4, -0.2) is 47.0 Å². The van der Waals surface area contributed by atoms with Gasteiger partial charge in [0.15, 0.2) is 0 Å². The van der Waals surface area contributed by atoms with Crippen molar-refractivity contribution in [3.63, 3.8) is 0 Å². The van der Waals surface area contributed by atoms with E-state index in [9.17, 15) is 8.42 Å². The molecule has 1 aliphatic rings. The third kappa shape index (κ3) is 5.46. The zero-order valence-electron chi connectivity index (χ0n) is 9.16. The third-order valence-electron chi connectivity index (χ3n) is 2.35. The normalized spacial score (nSPS) is 22.9. The molecule has 0 aromatic carbocycles. The molecule has 0 aromatic heterocycles. The van der Waals surface area contributed by atoms with E-state index in [1.54, 1.807) is 0 Å². The van der Waals surface area contributed by atoms with Crippen LogP contribution in [0.5, 0.6) is 0 Å². The number of nitrogens with one attached hydrogen (secondary N) is 2. The van der Waals surface area contributed by atoms with Crippen molar-refractivity contribution in [2.24, 2.45) is 0 Å². The zero-order valence-corrected chi connectivity index (χ0v) is 9.98. The van der Waals surface area contributed by atoms with Gasteiger partial charge in [-0.05, 0) is 32.9 Å². The van der Waals surface area contributed by atoms with E-state index in [4.69, 9.17) is 4.74 Å². The first-order valence-corrected chi connectivity index (χ1v) is 7.01. The maximum atomic E-state index is 11.6. The predicted molar refractivity (Wildman–Crippen MR) is 59.3 cm³/mol. The van der Waals surface area contributed by atoms with E-state index in [0.29, 0.717) is 13.0 Å². The van der Waals surface area contributed by atoms with E-state index in [-0.39, 0.29) is 11.8 Å². The molecule has 6 heteroatoms. The molecule has 0 spiro atoms. The summed E-state index contributed by atoms with van der Waals surface area (Å²) in [6.07, 6.45) is 2.45. The van der Waals surface area contributed by atoms with Crippen LogP contribution in [0.1, 0.15) is 19.3 Å². The van der Waals surface area contributed by atoms with E-state index in [1.807, 2.05) is 7.05 Å². The van der Waals surface area contributed by atoms with Crippen molar-refractivity contribution >= 4 is 10.0 Å². The topological polar surface area (TPSA) is 67.4 Å². The summed E-state index contributed by atoms with van der Waals surface area (Å²) in [4.78, 5) is 0. The van der Waals surface area contributed by atoms with Crippen molar-refractivity contribution in [3.05, 3.63) is 0 Å². The van der Waals surface area contributed by atoms with Gasteiger partial charge in [-0.1, -0.05) is 0 Å². The highest BCUT2D eigenvalue weighted by atomic mass is 32.2. The lowest BCUT2D eigenvalue weighted by molar-refractivity contribution is 0.0774. The second kappa shape index (κ2) is 6.42. The van der Waals surface area contributed by atoms with E-state index < -0.39 is 10.0 Å². The minimum atomic E-state index is -3.12. The summed E-state index contributed by atoms with van der Waals surface area (Å²) in [6.45, 7) is 1.98. The molecule has 0 bridgehead atoms. The Kier molecular flexibility index (Phi) is 5.52. The Labute approximate surface area is 91.6 Å². The molecule has 2 N–H and O–H groups in total. The van der Waals surface area contributed by atoms with Gasteiger partial charge in [0.25, 0.3) is 0 Å². The van der Waals surface area contributed by atoms with Crippen LogP contribution < -0.4 is 10.0 Å². The first-order chi connectivity index (χ1) is 7.14. The van der Waals surface area contributed by atoms with Crippen LogP contribution in [0.3, 0.4) is 0 Å². The number of sulfonamides is 1. The SMILES string of the molecule is CNCCCS(=O)(=O)NC1CCCOC1. The number of ether oxygens (including phenoxy) is 1. The Balaban J connectivity index is 2.27. The molecule has 5 nitrogen and oxygen atoms in total. The highest BCUT2D eigenvalue weighted by molar-refractivity contribution is 7.89. The molecule has 0 amide bonds. The molecule has 15 heavy (non-hydrogen) atoms. The van der Waals surface area contributed by atoms with Gasteiger partial charge >= 0.3 is 0 Å². The van der Waals surface area contributed by atoms with Crippen LogP contribution in [0, 0.1) is 0 Å². The zero-order chi connectivity index (χ0) is 11.1. The van der Waals surface area contributed by atoms with Gasteiger partial charge < -0.3 is 10.1 Å². The van der Waals surface area contributed by atoms with Crippen molar-refractivity contribution < 1.29 is 13.2 Å². The lowest BCUT2D eigenvalue weighted by Crippen LogP contribution is -2.41. The Morgan fingerprint density at radius 1 is 1.47 bits per heavy atom. The molecular formula is C9H20N2O3S. The third-order valence-corrected chi connectivity index (χ3v) is 3.86.